The Labute approximate surface area is 175 Å². The van der Waals surface area contributed by atoms with E-state index < -0.39 is 5.97 Å². The van der Waals surface area contributed by atoms with Crippen molar-refractivity contribution < 1.29 is 13.9 Å². The van der Waals surface area contributed by atoms with E-state index in [0.717, 1.165) is 14.0 Å². The summed E-state index contributed by atoms with van der Waals surface area (Å²) in [6.07, 6.45) is 0.633. The highest BCUT2D eigenvalue weighted by Crippen LogP contribution is 2.41. The molecule has 0 amide bonds. The molecule has 0 atom stereocenters. The molecular formula is C19H21FIN3O2S. The van der Waals surface area contributed by atoms with Crippen molar-refractivity contribution in [3.8, 4) is 0 Å². The van der Waals surface area contributed by atoms with Crippen LogP contribution in [0.5, 0.6) is 0 Å². The lowest BCUT2D eigenvalue weighted by atomic mass is 9.85. The molecule has 2 heterocycles. The Kier molecular flexibility index (Phi) is 5.76. The first-order valence-corrected chi connectivity index (χ1v) is 10.5. The van der Waals surface area contributed by atoms with Crippen LogP contribution in [0, 0.1) is 14.8 Å². The first-order valence-electron chi connectivity index (χ1n) is 8.57. The number of hydrogen-bond acceptors (Lipinski definition) is 6. The van der Waals surface area contributed by atoms with E-state index in [1.54, 1.807) is 19.1 Å². The fourth-order valence-corrected chi connectivity index (χ4v) is 4.56. The number of nitrogens with two attached hydrogens (primary N) is 1. The van der Waals surface area contributed by atoms with Gasteiger partial charge in [-0.15, -0.1) is 11.3 Å². The van der Waals surface area contributed by atoms with Crippen LogP contribution in [0.2, 0.25) is 0 Å². The van der Waals surface area contributed by atoms with Crippen molar-refractivity contribution in [2.24, 2.45) is 16.1 Å². The van der Waals surface area contributed by atoms with Crippen molar-refractivity contribution in [1.29, 1.82) is 0 Å². The zero-order valence-corrected chi connectivity index (χ0v) is 18.3. The molecule has 0 unspecified atom stereocenters. The van der Waals surface area contributed by atoms with Crippen LogP contribution in [0.3, 0.4) is 0 Å². The monoisotopic (exact) mass is 501 g/mol. The van der Waals surface area contributed by atoms with Gasteiger partial charge in [-0.1, -0.05) is 13.8 Å². The number of rotatable bonds is 4. The smallest absolute Gasteiger partial charge is 0.341 e. The third-order valence-electron chi connectivity index (χ3n) is 4.23. The Hall–Kier alpha value is -1.68. The number of nitrogens with one attached hydrogen (secondary N) is 1. The number of carbonyl (C=O) groups excluding carboxylic acids is 1. The van der Waals surface area contributed by atoms with Gasteiger partial charge in [-0.3, -0.25) is 4.99 Å². The lowest BCUT2D eigenvalue weighted by molar-refractivity contribution is 0.0526. The van der Waals surface area contributed by atoms with E-state index in [1.165, 1.54) is 17.4 Å². The average molecular weight is 501 g/mol. The Morgan fingerprint density at radius 2 is 2.22 bits per heavy atom. The molecule has 0 saturated heterocycles. The molecule has 3 N–H and O–H groups in total. The van der Waals surface area contributed by atoms with Gasteiger partial charge in [0.1, 0.15) is 16.7 Å². The summed E-state index contributed by atoms with van der Waals surface area (Å²) in [4.78, 5) is 17.9. The van der Waals surface area contributed by atoms with Crippen molar-refractivity contribution in [2.75, 3.05) is 18.5 Å². The van der Waals surface area contributed by atoms with E-state index in [-0.39, 0.29) is 17.8 Å². The van der Waals surface area contributed by atoms with Gasteiger partial charge in [-0.05, 0) is 65.1 Å². The Morgan fingerprint density at radius 3 is 2.89 bits per heavy atom. The van der Waals surface area contributed by atoms with Gasteiger partial charge in [-0.25, -0.2) is 9.18 Å². The van der Waals surface area contributed by atoms with Gasteiger partial charge >= 0.3 is 5.97 Å². The highest BCUT2D eigenvalue weighted by atomic mass is 127. The minimum Gasteiger partial charge on any atom is -0.462 e. The number of benzene rings is 1. The van der Waals surface area contributed by atoms with Crippen LogP contribution in [0.1, 0.15) is 41.6 Å². The lowest BCUT2D eigenvalue weighted by Gasteiger charge is -2.21. The average Bonchev–Trinajstić information content (AvgIpc) is 2.87. The zero-order valence-electron chi connectivity index (χ0n) is 15.4. The number of hydrogen-bond donors (Lipinski definition) is 2. The van der Waals surface area contributed by atoms with Gasteiger partial charge in [0, 0.05) is 10.1 Å². The van der Waals surface area contributed by atoms with Crippen LogP contribution in [-0.4, -0.2) is 25.0 Å². The van der Waals surface area contributed by atoms with E-state index in [9.17, 15) is 9.18 Å². The maximum Gasteiger partial charge on any atom is 0.341 e. The number of nitrogens with zero attached hydrogens (tertiary/aromatic N) is 1. The Balaban J connectivity index is 2.13. The van der Waals surface area contributed by atoms with E-state index in [2.05, 4.69) is 46.7 Å². The van der Waals surface area contributed by atoms with Crippen LogP contribution in [-0.2, 0) is 11.2 Å². The fraction of sp³-hybridized carbons (Fsp3) is 0.368. The number of thiophene rings is 1. The quantitative estimate of drug-likeness (QED) is 0.471. The van der Waals surface area contributed by atoms with Gasteiger partial charge in [0.05, 0.1) is 22.7 Å². The molecule has 5 nitrogen and oxygen atoms in total. The van der Waals surface area contributed by atoms with E-state index in [1.807, 2.05) is 0 Å². The van der Waals surface area contributed by atoms with Gasteiger partial charge in [0.15, 0.2) is 0 Å². The predicted molar refractivity (Wildman–Crippen MR) is 116 cm³/mol. The number of carbonyl (C=O) groups is 1. The summed E-state index contributed by atoms with van der Waals surface area (Å²) in [5.74, 6) is -0.418. The van der Waals surface area contributed by atoms with Gasteiger partial charge in [-0.2, -0.15) is 0 Å². The van der Waals surface area contributed by atoms with Crippen LogP contribution >= 0.6 is 33.9 Å². The normalized spacial score (nSPS) is 15.5. The second-order valence-corrected chi connectivity index (χ2v) is 9.39. The number of ether oxygens (including phenoxy) is 1. The van der Waals surface area contributed by atoms with Crippen molar-refractivity contribution >= 4 is 56.4 Å². The number of amidine groups is 1. The van der Waals surface area contributed by atoms with Crippen LogP contribution in [0.15, 0.2) is 23.2 Å². The summed E-state index contributed by atoms with van der Waals surface area (Å²) in [7, 11) is 0. The third kappa shape index (κ3) is 4.26. The molecule has 1 aromatic heterocycles. The molecule has 27 heavy (non-hydrogen) atoms. The van der Waals surface area contributed by atoms with E-state index in [0.29, 0.717) is 35.1 Å². The summed E-state index contributed by atoms with van der Waals surface area (Å²) < 4.78 is 20.4. The summed E-state index contributed by atoms with van der Waals surface area (Å²) in [6.45, 7) is 6.76. The van der Waals surface area contributed by atoms with Crippen LogP contribution < -0.4 is 11.1 Å². The molecule has 1 aliphatic rings. The first-order chi connectivity index (χ1) is 12.7. The second-order valence-electron chi connectivity index (χ2n) is 7.13. The largest absolute Gasteiger partial charge is 0.462 e. The molecule has 1 aliphatic heterocycles. The lowest BCUT2D eigenvalue weighted by Crippen LogP contribution is -2.20. The molecule has 0 saturated carbocycles. The molecular weight excluding hydrogens is 480 g/mol. The standard InChI is InChI=1S/C19H21FIN3O2S/c1-4-26-18(25)14-11-8-19(2,3)9-23-16(22)15(11)27-17(14)24-13-6-5-10(21)7-12(13)20/h5-7,24H,4,8-9H2,1-3H3,(H2,22,23). The molecule has 0 fully saturated rings. The summed E-state index contributed by atoms with van der Waals surface area (Å²) >= 11 is 3.36. The van der Waals surface area contributed by atoms with Crippen LogP contribution in [0.25, 0.3) is 0 Å². The predicted octanol–water partition coefficient (Wildman–Crippen LogP) is 4.70. The summed E-state index contributed by atoms with van der Waals surface area (Å²) in [5.41, 5.74) is 7.56. The van der Waals surface area contributed by atoms with Crippen molar-refractivity contribution in [3.63, 3.8) is 0 Å². The topological polar surface area (TPSA) is 76.7 Å². The fourth-order valence-electron chi connectivity index (χ4n) is 2.97. The van der Waals surface area contributed by atoms with Crippen molar-refractivity contribution in [3.05, 3.63) is 43.6 Å². The summed E-state index contributed by atoms with van der Waals surface area (Å²) in [6, 6.07) is 4.89. The number of esters is 1. The number of halogens is 2. The number of aliphatic imine (C=N–C) groups is 1. The molecule has 3 rings (SSSR count). The number of anilines is 2. The van der Waals surface area contributed by atoms with Gasteiger partial charge < -0.3 is 15.8 Å². The molecule has 2 aromatic rings. The second kappa shape index (κ2) is 7.75. The Morgan fingerprint density at radius 1 is 1.48 bits per heavy atom. The van der Waals surface area contributed by atoms with Crippen molar-refractivity contribution in [1.82, 2.24) is 0 Å². The molecule has 0 aliphatic carbocycles. The minimum atomic E-state index is -0.436. The molecule has 144 valence electrons. The first kappa shape index (κ1) is 20.1. The zero-order chi connectivity index (χ0) is 19.8. The molecule has 0 radical (unpaired) electrons. The van der Waals surface area contributed by atoms with Gasteiger partial charge in [0.2, 0.25) is 0 Å². The van der Waals surface area contributed by atoms with E-state index >= 15 is 0 Å². The van der Waals surface area contributed by atoms with E-state index in [4.69, 9.17) is 10.5 Å². The van der Waals surface area contributed by atoms with Crippen molar-refractivity contribution in [2.45, 2.75) is 27.2 Å². The molecule has 1 aromatic carbocycles. The summed E-state index contributed by atoms with van der Waals surface area (Å²) in [5, 5.41) is 3.58. The number of fused-ring (bicyclic) bond motifs is 1. The molecule has 0 bridgehead atoms. The highest BCUT2D eigenvalue weighted by Gasteiger charge is 2.33. The SMILES string of the molecule is CCOC(=O)c1c(Nc2ccc(I)cc2F)sc2c1CC(C)(C)CN=C2N. The highest BCUT2D eigenvalue weighted by molar-refractivity contribution is 14.1. The minimum absolute atomic E-state index is 0.149. The third-order valence-corrected chi connectivity index (χ3v) is 6.07. The maximum absolute atomic E-state index is 14.3. The molecule has 0 spiro atoms. The van der Waals surface area contributed by atoms with Gasteiger partial charge in [0.25, 0.3) is 0 Å². The maximum atomic E-state index is 14.3. The van der Waals surface area contributed by atoms with Crippen LogP contribution in [0.4, 0.5) is 15.1 Å². The molecule has 8 heteroatoms. The Bertz CT molecular complexity index is 924.